The summed E-state index contributed by atoms with van der Waals surface area (Å²) in [7, 11) is 1.64. The van der Waals surface area contributed by atoms with E-state index in [-0.39, 0.29) is 17.1 Å². The van der Waals surface area contributed by atoms with Crippen LogP contribution in [-0.4, -0.2) is 23.8 Å². The molecule has 1 aliphatic heterocycles. The van der Waals surface area contributed by atoms with Crippen LogP contribution in [0.5, 0.6) is 5.75 Å². The summed E-state index contributed by atoms with van der Waals surface area (Å²) in [5.41, 5.74) is 5.90. The van der Waals surface area contributed by atoms with Gasteiger partial charge in [0.15, 0.2) is 5.78 Å². The maximum atomic E-state index is 15.5. The first-order valence-corrected chi connectivity index (χ1v) is 15.4. The number of ketones is 1. The second kappa shape index (κ2) is 10.8. The molecule has 2 heterocycles. The van der Waals surface area contributed by atoms with Crippen LogP contribution in [0, 0.1) is 12.3 Å². The van der Waals surface area contributed by atoms with Crippen LogP contribution in [0.1, 0.15) is 48.9 Å². The molecule has 0 spiro atoms. The summed E-state index contributed by atoms with van der Waals surface area (Å²) in [5, 5.41) is 4.56. The first-order valence-electron chi connectivity index (χ1n) is 15.4. The minimum Gasteiger partial charge on any atom is -0.497 e. The minimum absolute atomic E-state index is 0.0186. The van der Waals surface area contributed by atoms with Crippen LogP contribution in [0.2, 0.25) is 0 Å². The van der Waals surface area contributed by atoms with Crippen molar-refractivity contribution in [3.8, 4) is 5.75 Å². The Hall–Kier alpha value is -5.10. The molecule has 5 aromatic rings. The fourth-order valence-electron chi connectivity index (χ4n) is 7.27. The number of nitrogens with zero attached hydrogens (tertiary/aromatic N) is 1. The molecule has 1 atom stereocenters. The van der Waals surface area contributed by atoms with E-state index in [1.165, 1.54) is 0 Å². The number of hydrogen-bond donors (Lipinski definition) is 2. The SMILES string of the molecule is COc1ccc(NC2=C([C@@]3(c4c[nH]c5ccccc45)C(=O)N(Cc4ccccc4)c4ccc(C)cc43)C(=O)CC(C)(C)C2)cc1. The minimum atomic E-state index is -1.36. The Morgan fingerprint density at radius 1 is 0.867 bits per heavy atom. The molecule has 0 unspecified atom stereocenters. The average Bonchev–Trinajstić information content (AvgIpc) is 3.55. The molecule has 4 aromatic carbocycles. The van der Waals surface area contributed by atoms with Crippen LogP contribution in [-0.2, 0) is 21.5 Å². The third-order valence-corrected chi connectivity index (χ3v) is 9.22. The summed E-state index contributed by atoms with van der Waals surface area (Å²) < 4.78 is 5.39. The van der Waals surface area contributed by atoms with Gasteiger partial charge < -0.3 is 19.9 Å². The lowest BCUT2D eigenvalue weighted by atomic mass is 9.62. The van der Waals surface area contributed by atoms with Crippen molar-refractivity contribution in [1.82, 2.24) is 4.98 Å². The number of hydrogen-bond acceptors (Lipinski definition) is 4. The lowest BCUT2D eigenvalue weighted by Crippen LogP contribution is -2.47. The number of methoxy groups -OCH3 is 1. The van der Waals surface area contributed by atoms with Crippen LogP contribution in [0.3, 0.4) is 0 Å². The Kier molecular flexibility index (Phi) is 6.88. The second-order valence-electron chi connectivity index (χ2n) is 13.0. The van der Waals surface area contributed by atoms with E-state index in [1.54, 1.807) is 7.11 Å². The number of benzene rings is 4. The third-order valence-electron chi connectivity index (χ3n) is 9.22. The smallest absolute Gasteiger partial charge is 0.247 e. The zero-order chi connectivity index (χ0) is 31.3. The van der Waals surface area contributed by atoms with E-state index in [2.05, 4.69) is 30.2 Å². The molecular weight excluding hydrogens is 558 g/mol. The number of aryl methyl sites for hydroxylation is 1. The van der Waals surface area contributed by atoms with Crippen molar-refractivity contribution in [2.45, 2.75) is 45.6 Å². The molecule has 7 rings (SSSR count). The quantitative estimate of drug-likeness (QED) is 0.200. The number of rotatable bonds is 7. The predicted octanol–water partition coefficient (Wildman–Crippen LogP) is 8.07. The molecule has 1 aliphatic carbocycles. The largest absolute Gasteiger partial charge is 0.497 e. The normalized spacial score (nSPS) is 19.2. The molecule has 6 heteroatoms. The summed E-state index contributed by atoms with van der Waals surface area (Å²) in [6.07, 6.45) is 2.89. The molecular formula is C39H37N3O3. The Bertz CT molecular complexity index is 1970. The highest BCUT2D eigenvalue weighted by molar-refractivity contribution is 6.21. The number of amides is 1. The van der Waals surface area contributed by atoms with Gasteiger partial charge in [-0.3, -0.25) is 9.59 Å². The molecule has 6 nitrogen and oxygen atoms in total. The van der Waals surface area contributed by atoms with Gasteiger partial charge in [-0.25, -0.2) is 0 Å². The molecule has 0 saturated carbocycles. The van der Waals surface area contributed by atoms with Gasteiger partial charge in [-0.1, -0.05) is 80.1 Å². The number of anilines is 2. The highest BCUT2D eigenvalue weighted by atomic mass is 16.5. The number of para-hydroxylation sites is 1. The van der Waals surface area contributed by atoms with E-state index < -0.39 is 5.41 Å². The molecule has 226 valence electrons. The summed E-state index contributed by atoms with van der Waals surface area (Å²) in [4.78, 5) is 35.6. The predicted molar refractivity (Wildman–Crippen MR) is 180 cm³/mol. The number of carbonyl (C=O) groups excluding carboxylic acids is 2. The van der Waals surface area contributed by atoms with E-state index in [0.717, 1.165) is 56.0 Å². The summed E-state index contributed by atoms with van der Waals surface area (Å²) in [6.45, 7) is 6.67. The van der Waals surface area contributed by atoms with Crippen LogP contribution in [0.4, 0.5) is 11.4 Å². The number of H-pyrrole nitrogens is 1. The number of aromatic amines is 1. The molecule has 1 aromatic heterocycles. The maximum Gasteiger partial charge on any atom is 0.247 e. The van der Waals surface area contributed by atoms with Gasteiger partial charge in [-0.2, -0.15) is 0 Å². The third kappa shape index (κ3) is 4.72. The van der Waals surface area contributed by atoms with Crippen molar-refractivity contribution >= 4 is 34.0 Å². The van der Waals surface area contributed by atoms with Gasteiger partial charge in [0.2, 0.25) is 5.91 Å². The number of aromatic nitrogens is 1. The van der Waals surface area contributed by atoms with Gasteiger partial charge in [0.1, 0.15) is 11.2 Å². The van der Waals surface area contributed by atoms with Gasteiger partial charge in [0.25, 0.3) is 0 Å². The van der Waals surface area contributed by atoms with Crippen molar-refractivity contribution in [1.29, 1.82) is 0 Å². The Balaban J connectivity index is 1.55. The standard InChI is InChI=1S/C39H37N3O3/c1-25-14-19-34-30(20-25)39(31-23-40-32-13-9-8-12-29(31)32,37(44)42(34)24-26-10-6-5-7-11-26)36-33(21-38(2,3)22-35(36)43)41-27-15-17-28(45-4)18-16-27/h5-20,23,40-41H,21-22,24H2,1-4H3/t39-/m1/s1. The first kappa shape index (κ1) is 28.7. The highest BCUT2D eigenvalue weighted by Gasteiger charge is 2.59. The lowest BCUT2D eigenvalue weighted by Gasteiger charge is -2.40. The van der Waals surface area contributed by atoms with E-state index >= 15 is 4.79 Å². The Morgan fingerprint density at radius 2 is 1.60 bits per heavy atom. The van der Waals surface area contributed by atoms with Crippen molar-refractivity contribution in [3.63, 3.8) is 0 Å². The van der Waals surface area contributed by atoms with Crippen LogP contribution in [0.15, 0.2) is 115 Å². The molecule has 0 bridgehead atoms. The van der Waals surface area contributed by atoms with Crippen molar-refractivity contribution in [3.05, 3.63) is 137 Å². The number of allylic oxidation sites excluding steroid dienone is 1. The van der Waals surface area contributed by atoms with Crippen molar-refractivity contribution in [2.24, 2.45) is 5.41 Å². The number of nitrogens with one attached hydrogen (secondary N) is 2. The van der Waals surface area contributed by atoms with E-state index in [9.17, 15) is 4.79 Å². The zero-order valence-corrected chi connectivity index (χ0v) is 26.1. The summed E-state index contributed by atoms with van der Waals surface area (Å²) >= 11 is 0. The molecule has 1 amide bonds. The average molecular weight is 596 g/mol. The van der Waals surface area contributed by atoms with Gasteiger partial charge in [-0.15, -0.1) is 0 Å². The molecule has 0 radical (unpaired) electrons. The van der Waals surface area contributed by atoms with Crippen LogP contribution < -0.4 is 15.0 Å². The second-order valence-corrected chi connectivity index (χ2v) is 13.0. The zero-order valence-electron chi connectivity index (χ0n) is 26.1. The summed E-state index contributed by atoms with van der Waals surface area (Å²) in [5.74, 6) is 0.612. The topological polar surface area (TPSA) is 74.4 Å². The van der Waals surface area contributed by atoms with E-state index in [4.69, 9.17) is 4.74 Å². The first-order chi connectivity index (χ1) is 21.7. The lowest BCUT2D eigenvalue weighted by molar-refractivity contribution is -0.125. The molecule has 2 aliphatic rings. The number of fused-ring (bicyclic) bond motifs is 2. The molecule has 0 saturated heterocycles. The maximum absolute atomic E-state index is 15.5. The van der Waals surface area contributed by atoms with Gasteiger partial charge >= 0.3 is 0 Å². The molecule has 2 N–H and O–H groups in total. The van der Waals surface area contributed by atoms with Gasteiger partial charge in [0.05, 0.1) is 13.7 Å². The van der Waals surface area contributed by atoms with E-state index in [0.29, 0.717) is 25.0 Å². The monoisotopic (exact) mass is 595 g/mol. The Morgan fingerprint density at radius 3 is 2.36 bits per heavy atom. The van der Waals surface area contributed by atoms with Crippen molar-refractivity contribution in [2.75, 3.05) is 17.3 Å². The number of Topliss-reactive ketones (excluding diaryl/α,β-unsaturated/α-hetero) is 1. The van der Waals surface area contributed by atoms with Crippen LogP contribution >= 0.6 is 0 Å². The highest BCUT2D eigenvalue weighted by Crippen LogP contribution is 2.56. The molecule has 45 heavy (non-hydrogen) atoms. The van der Waals surface area contributed by atoms with Gasteiger partial charge in [0, 0.05) is 57.3 Å². The van der Waals surface area contributed by atoms with Crippen molar-refractivity contribution < 1.29 is 14.3 Å². The molecule has 0 fully saturated rings. The van der Waals surface area contributed by atoms with Crippen LogP contribution in [0.25, 0.3) is 10.9 Å². The van der Waals surface area contributed by atoms with Gasteiger partial charge in [-0.05, 0) is 60.7 Å². The number of ether oxygens (including phenoxy) is 1. The Labute approximate surface area is 263 Å². The fourth-order valence-corrected chi connectivity index (χ4v) is 7.27. The number of carbonyl (C=O) groups is 2. The fraction of sp³-hybridized carbons (Fsp3) is 0.231. The van der Waals surface area contributed by atoms with E-state index in [1.807, 2.05) is 109 Å². The summed E-state index contributed by atoms with van der Waals surface area (Å²) in [6, 6.07) is 31.9.